The van der Waals surface area contributed by atoms with E-state index in [9.17, 15) is 0 Å². The minimum Gasteiger partial charge on any atom is -0.396 e. The number of anilines is 1. The van der Waals surface area contributed by atoms with E-state index in [0.717, 1.165) is 44.1 Å². The maximum absolute atomic E-state index is 8.84. The number of rotatable bonds is 8. The van der Waals surface area contributed by atoms with E-state index in [1.165, 1.54) is 0 Å². The van der Waals surface area contributed by atoms with Crippen LogP contribution in [-0.4, -0.2) is 41.2 Å². The van der Waals surface area contributed by atoms with Crippen LogP contribution in [0.4, 0.5) is 5.82 Å². The van der Waals surface area contributed by atoms with Crippen LogP contribution in [0.1, 0.15) is 26.0 Å². The summed E-state index contributed by atoms with van der Waals surface area (Å²) >= 11 is 0. The van der Waals surface area contributed by atoms with E-state index in [0.29, 0.717) is 0 Å². The molecule has 0 aliphatic heterocycles. The first kappa shape index (κ1) is 13.9. The van der Waals surface area contributed by atoms with Gasteiger partial charge in [-0.3, -0.25) is 4.90 Å². The van der Waals surface area contributed by atoms with Gasteiger partial charge in [0.1, 0.15) is 5.82 Å². The van der Waals surface area contributed by atoms with Gasteiger partial charge in [-0.2, -0.15) is 0 Å². The fourth-order valence-electron chi connectivity index (χ4n) is 1.72. The molecule has 0 spiro atoms. The molecule has 0 fully saturated rings. The molecule has 0 bridgehead atoms. The molecule has 0 atom stereocenters. The Morgan fingerprint density at radius 2 is 2.18 bits per heavy atom. The zero-order chi connectivity index (χ0) is 12.5. The van der Waals surface area contributed by atoms with E-state index in [-0.39, 0.29) is 6.61 Å². The molecule has 0 saturated carbocycles. The Bertz CT molecular complexity index is 317. The van der Waals surface area contributed by atoms with Gasteiger partial charge in [0.15, 0.2) is 0 Å². The number of nitrogens with zero attached hydrogens (tertiary/aromatic N) is 2. The predicted molar refractivity (Wildman–Crippen MR) is 71.1 cm³/mol. The van der Waals surface area contributed by atoms with Crippen LogP contribution in [0.3, 0.4) is 0 Å². The summed E-state index contributed by atoms with van der Waals surface area (Å²) in [5, 5.41) is 12.1. The Balaban J connectivity index is 2.55. The molecule has 0 saturated heterocycles. The normalized spacial score (nSPS) is 10.8. The molecule has 0 aliphatic carbocycles. The number of aliphatic hydroxyl groups is 1. The van der Waals surface area contributed by atoms with E-state index in [2.05, 4.69) is 29.0 Å². The van der Waals surface area contributed by atoms with Crippen molar-refractivity contribution in [2.45, 2.75) is 26.8 Å². The van der Waals surface area contributed by atoms with Crippen molar-refractivity contribution in [3.05, 3.63) is 23.9 Å². The van der Waals surface area contributed by atoms with E-state index >= 15 is 0 Å². The fourth-order valence-corrected chi connectivity index (χ4v) is 1.72. The monoisotopic (exact) mass is 237 g/mol. The van der Waals surface area contributed by atoms with Gasteiger partial charge in [0.25, 0.3) is 0 Å². The quantitative estimate of drug-likeness (QED) is 0.723. The summed E-state index contributed by atoms with van der Waals surface area (Å²) in [7, 11) is 0. The minimum atomic E-state index is 0.251. The second-order valence-corrected chi connectivity index (χ2v) is 3.99. The lowest BCUT2D eigenvalue weighted by Gasteiger charge is -2.19. The first-order chi connectivity index (χ1) is 8.30. The van der Waals surface area contributed by atoms with Gasteiger partial charge in [-0.05, 0) is 32.0 Å². The van der Waals surface area contributed by atoms with Gasteiger partial charge in [-0.25, -0.2) is 4.98 Å². The number of nitrogens with one attached hydrogen (secondary N) is 1. The molecule has 2 N–H and O–H groups in total. The van der Waals surface area contributed by atoms with Crippen LogP contribution in [-0.2, 0) is 6.54 Å². The molecule has 0 aromatic carbocycles. The van der Waals surface area contributed by atoms with Crippen LogP contribution in [0, 0.1) is 0 Å². The lowest BCUT2D eigenvalue weighted by molar-refractivity contribution is 0.224. The Hall–Kier alpha value is -1.13. The third-order valence-electron chi connectivity index (χ3n) is 2.63. The molecular formula is C13H23N3O. The van der Waals surface area contributed by atoms with Crippen molar-refractivity contribution in [3.63, 3.8) is 0 Å². The third-order valence-corrected chi connectivity index (χ3v) is 2.63. The fraction of sp³-hybridized carbons (Fsp3) is 0.615. The van der Waals surface area contributed by atoms with Crippen molar-refractivity contribution >= 4 is 5.82 Å². The zero-order valence-electron chi connectivity index (χ0n) is 10.8. The van der Waals surface area contributed by atoms with Crippen LogP contribution in [0.15, 0.2) is 18.2 Å². The largest absolute Gasteiger partial charge is 0.396 e. The Kier molecular flexibility index (Phi) is 6.58. The Morgan fingerprint density at radius 3 is 2.82 bits per heavy atom. The number of aromatic nitrogens is 1. The van der Waals surface area contributed by atoms with Crippen LogP contribution in [0.25, 0.3) is 0 Å². The number of pyridine rings is 1. The van der Waals surface area contributed by atoms with Gasteiger partial charge in [-0.15, -0.1) is 0 Å². The number of aliphatic hydroxyl groups excluding tert-OH is 1. The SMILES string of the molecule is CCNc1cccc(CN(CC)CCCO)n1. The summed E-state index contributed by atoms with van der Waals surface area (Å²) < 4.78 is 0. The van der Waals surface area contributed by atoms with Gasteiger partial charge >= 0.3 is 0 Å². The van der Waals surface area contributed by atoms with Crippen molar-refractivity contribution in [2.75, 3.05) is 31.6 Å². The van der Waals surface area contributed by atoms with Crippen LogP contribution < -0.4 is 5.32 Å². The maximum Gasteiger partial charge on any atom is 0.126 e. The topological polar surface area (TPSA) is 48.4 Å². The Morgan fingerprint density at radius 1 is 1.35 bits per heavy atom. The summed E-state index contributed by atoms with van der Waals surface area (Å²) in [6.07, 6.45) is 0.820. The van der Waals surface area contributed by atoms with E-state index in [1.54, 1.807) is 0 Å². The van der Waals surface area contributed by atoms with Crippen LogP contribution in [0.5, 0.6) is 0 Å². The molecule has 1 aromatic rings. The molecule has 0 unspecified atom stereocenters. The van der Waals surface area contributed by atoms with Gasteiger partial charge in [0, 0.05) is 26.2 Å². The van der Waals surface area contributed by atoms with Crippen LogP contribution in [0.2, 0.25) is 0 Å². The number of hydrogen-bond acceptors (Lipinski definition) is 4. The van der Waals surface area contributed by atoms with Crippen LogP contribution >= 0.6 is 0 Å². The highest BCUT2D eigenvalue weighted by molar-refractivity contribution is 5.34. The highest BCUT2D eigenvalue weighted by Crippen LogP contribution is 2.07. The second-order valence-electron chi connectivity index (χ2n) is 3.99. The molecule has 96 valence electrons. The molecular weight excluding hydrogens is 214 g/mol. The first-order valence-corrected chi connectivity index (χ1v) is 6.33. The second kappa shape index (κ2) is 8.03. The van der Waals surface area contributed by atoms with Crippen molar-refractivity contribution in [1.29, 1.82) is 0 Å². The van der Waals surface area contributed by atoms with Crippen molar-refractivity contribution < 1.29 is 5.11 Å². The molecule has 0 radical (unpaired) electrons. The Labute approximate surface area is 104 Å². The zero-order valence-corrected chi connectivity index (χ0v) is 10.8. The molecule has 0 aliphatic rings. The number of hydrogen-bond donors (Lipinski definition) is 2. The summed E-state index contributed by atoms with van der Waals surface area (Å²) in [6.45, 7) is 8.07. The van der Waals surface area contributed by atoms with Gasteiger partial charge < -0.3 is 10.4 Å². The minimum absolute atomic E-state index is 0.251. The van der Waals surface area contributed by atoms with Crippen molar-refractivity contribution in [3.8, 4) is 0 Å². The molecule has 1 heterocycles. The first-order valence-electron chi connectivity index (χ1n) is 6.33. The molecule has 4 nitrogen and oxygen atoms in total. The smallest absolute Gasteiger partial charge is 0.126 e. The highest BCUT2D eigenvalue weighted by Gasteiger charge is 2.04. The van der Waals surface area contributed by atoms with E-state index in [1.807, 2.05) is 18.2 Å². The molecule has 1 rings (SSSR count). The standard InChI is InChI=1S/C13H23N3O/c1-3-14-13-8-5-7-12(15-13)11-16(4-2)9-6-10-17/h5,7-8,17H,3-4,6,9-11H2,1-2H3,(H,14,15). The summed E-state index contributed by atoms with van der Waals surface area (Å²) in [4.78, 5) is 6.83. The van der Waals surface area contributed by atoms with Gasteiger partial charge in [0.2, 0.25) is 0 Å². The average molecular weight is 237 g/mol. The maximum atomic E-state index is 8.84. The predicted octanol–water partition coefficient (Wildman–Crippen LogP) is 1.72. The summed E-state index contributed by atoms with van der Waals surface area (Å²) in [6, 6.07) is 6.06. The summed E-state index contributed by atoms with van der Waals surface area (Å²) in [5.41, 5.74) is 1.07. The lowest BCUT2D eigenvalue weighted by atomic mass is 10.3. The molecule has 1 aromatic heterocycles. The summed E-state index contributed by atoms with van der Waals surface area (Å²) in [5.74, 6) is 0.934. The lowest BCUT2D eigenvalue weighted by Crippen LogP contribution is -2.25. The van der Waals surface area contributed by atoms with Crippen molar-refractivity contribution in [2.24, 2.45) is 0 Å². The van der Waals surface area contributed by atoms with E-state index in [4.69, 9.17) is 5.11 Å². The van der Waals surface area contributed by atoms with E-state index < -0.39 is 0 Å². The highest BCUT2D eigenvalue weighted by atomic mass is 16.3. The molecule has 4 heteroatoms. The average Bonchev–Trinajstić information content (AvgIpc) is 2.35. The molecule has 0 amide bonds. The van der Waals surface area contributed by atoms with Gasteiger partial charge in [0.05, 0.1) is 5.69 Å². The van der Waals surface area contributed by atoms with Crippen molar-refractivity contribution in [1.82, 2.24) is 9.88 Å². The molecule has 17 heavy (non-hydrogen) atoms. The third kappa shape index (κ3) is 5.15. The van der Waals surface area contributed by atoms with Gasteiger partial charge in [-0.1, -0.05) is 13.0 Å².